The predicted octanol–water partition coefficient (Wildman–Crippen LogP) is 3.04. The molecule has 23 heavy (non-hydrogen) atoms. The van der Waals surface area contributed by atoms with Crippen LogP contribution in [0.4, 0.5) is 0 Å². The van der Waals surface area contributed by atoms with Crippen molar-refractivity contribution in [1.29, 1.82) is 0 Å². The second-order valence-electron chi connectivity index (χ2n) is 5.31. The van der Waals surface area contributed by atoms with Crippen LogP contribution in [0.2, 0.25) is 0 Å². The highest BCUT2D eigenvalue weighted by Crippen LogP contribution is 2.23. The van der Waals surface area contributed by atoms with Crippen LogP contribution in [0.5, 0.6) is 0 Å². The summed E-state index contributed by atoms with van der Waals surface area (Å²) in [7, 11) is 0. The third-order valence-corrected chi connectivity index (χ3v) is 3.64. The summed E-state index contributed by atoms with van der Waals surface area (Å²) in [5.41, 5.74) is 7.29. The van der Waals surface area contributed by atoms with Gasteiger partial charge in [-0.25, -0.2) is 10.0 Å². The molecule has 0 bridgehead atoms. The van der Waals surface area contributed by atoms with Crippen molar-refractivity contribution >= 4 is 23.2 Å². The van der Waals surface area contributed by atoms with Gasteiger partial charge in [0, 0.05) is 16.8 Å². The molecule has 112 valence electrons. The minimum atomic E-state index is 0.545. The Morgan fingerprint density at radius 3 is 2.17 bits per heavy atom. The molecule has 0 aliphatic carbocycles. The summed E-state index contributed by atoms with van der Waals surface area (Å²) < 4.78 is 0. The van der Waals surface area contributed by atoms with Crippen molar-refractivity contribution in [3.63, 3.8) is 0 Å². The molecule has 2 aliphatic heterocycles. The fourth-order valence-electron chi connectivity index (χ4n) is 2.55. The van der Waals surface area contributed by atoms with Gasteiger partial charge in [-0.2, -0.15) is 0 Å². The van der Waals surface area contributed by atoms with E-state index in [1.807, 2.05) is 66.5 Å². The Morgan fingerprint density at radius 1 is 0.826 bits per heavy atom. The summed E-state index contributed by atoms with van der Waals surface area (Å²) in [5, 5.41) is 10.4. The van der Waals surface area contributed by atoms with Crippen molar-refractivity contribution in [3.05, 3.63) is 77.9 Å². The Hall–Kier alpha value is -3.21. The molecule has 0 fully saturated rings. The third kappa shape index (κ3) is 2.53. The molecule has 5 nitrogen and oxygen atoms in total. The van der Waals surface area contributed by atoms with Gasteiger partial charge in [-0.05, 0) is 13.0 Å². The minimum absolute atomic E-state index is 0.545. The third-order valence-electron chi connectivity index (χ3n) is 3.64. The number of hydrogen-bond acceptors (Lipinski definition) is 5. The standard InChI is InChI=1S/C18H15N5/c1-13-12-16(14-8-4-2-5-9-14)23-18(19-13)21-20-17(22-23)15-10-6-3-7-11-15/h2-12H,1H3,(H,20,22). The first kappa shape index (κ1) is 13.5. The minimum Gasteiger partial charge on any atom is -0.272 e. The average Bonchev–Trinajstić information content (AvgIpc) is 2.62. The molecule has 0 saturated carbocycles. The number of nitrogens with one attached hydrogen (secondary N) is 1. The summed E-state index contributed by atoms with van der Waals surface area (Å²) in [5.74, 6) is 1.24. The normalized spacial score (nSPS) is 16.5. The maximum Gasteiger partial charge on any atom is 0.269 e. The van der Waals surface area contributed by atoms with E-state index in [1.165, 1.54) is 0 Å². The van der Waals surface area contributed by atoms with Crippen LogP contribution in [0.15, 0.2) is 81.9 Å². The van der Waals surface area contributed by atoms with Gasteiger partial charge in [0.2, 0.25) is 0 Å². The van der Waals surface area contributed by atoms with E-state index in [1.54, 1.807) is 0 Å². The zero-order chi connectivity index (χ0) is 15.6. The van der Waals surface area contributed by atoms with E-state index in [0.29, 0.717) is 11.8 Å². The van der Waals surface area contributed by atoms with E-state index in [-0.39, 0.29) is 0 Å². The zero-order valence-corrected chi connectivity index (χ0v) is 12.6. The molecule has 0 saturated heterocycles. The number of allylic oxidation sites excluding steroid dienone is 1. The van der Waals surface area contributed by atoms with E-state index in [2.05, 4.69) is 32.8 Å². The van der Waals surface area contributed by atoms with E-state index >= 15 is 0 Å². The van der Waals surface area contributed by atoms with Crippen molar-refractivity contribution in [2.45, 2.75) is 6.92 Å². The molecule has 0 unspecified atom stereocenters. The van der Waals surface area contributed by atoms with Gasteiger partial charge >= 0.3 is 0 Å². The van der Waals surface area contributed by atoms with E-state index < -0.39 is 0 Å². The molecule has 5 heteroatoms. The molecule has 0 spiro atoms. The number of guanidine groups is 1. The summed E-state index contributed by atoms with van der Waals surface area (Å²) in [6.45, 7) is 1.96. The van der Waals surface area contributed by atoms with Crippen molar-refractivity contribution < 1.29 is 0 Å². The van der Waals surface area contributed by atoms with Crippen molar-refractivity contribution in [2.24, 2.45) is 15.2 Å². The summed E-state index contributed by atoms with van der Waals surface area (Å²) in [6.07, 6.45) is 2.04. The average molecular weight is 301 g/mol. The number of benzene rings is 2. The van der Waals surface area contributed by atoms with Gasteiger partial charge in [0.25, 0.3) is 5.96 Å². The molecule has 0 radical (unpaired) electrons. The maximum absolute atomic E-state index is 4.45. The number of aliphatic imine (C=N–C) groups is 1. The second-order valence-corrected chi connectivity index (χ2v) is 5.31. The second kappa shape index (κ2) is 5.53. The van der Waals surface area contributed by atoms with Crippen molar-refractivity contribution in [1.82, 2.24) is 10.4 Å². The van der Waals surface area contributed by atoms with E-state index in [4.69, 9.17) is 0 Å². The van der Waals surface area contributed by atoms with Crippen LogP contribution in [0.3, 0.4) is 0 Å². The first-order chi connectivity index (χ1) is 11.3. The number of hydrogen-bond donors (Lipinski definition) is 1. The Kier molecular flexibility index (Phi) is 3.24. The van der Waals surface area contributed by atoms with Crippen molar-refractivity contribution in [2.75, 3.05) is 0 Å². The SMILES string of the molecule is CC1=NC2=NN=C(c3ccccc3)NN2C(c2ccccc2)=C1. The maximum atomic E-state index is 4.45. The van der Waals surface area contributed by atoms with Gasteiger partial charge in [0.1, 0.15) is 0 Å². The Bertz CT molecular complexity index is 847. The zero-order valence-electron chi connectivity index (χ0n) is 12.6. The van der Waals surface area contributed by atoms with Gasteiger partial charge in [-0.1, -0.05) is 60.7 Å². The molecular formula is C18H15N5. The number of amidine groups is 1. The van der Waals surface area contributed by atoms with Gasteiger partial charge in [0.05, 0.1) is 5.70 Å². The van der Waals surface area contributed by atoms with Gasteiger partial charge in [-0.15, -0.1) is 10.2 Å². The van der Waals surface area contributed by atoms with Gasteiger partial charge in [-0.3, -0.25) is 5.43 Å². The topological polar surface area (TPSA) is 52.4 Å². The fraction of sp³-hybridized carbons (Fsp3) is 0.0556. The highest BCUT2D eigenvalue weighted by molar-refractivity contribution is 6.13. The summed E-state index contributed by atoms with van der Waals surface area (Å²) >= 11 is 0. The predicted molar refractivity (Wildman–Crippen MR) is 92.9 cm³/mol. The molecule has 2 aromatic carbocycles. The highest BCUT2D eigenvalue weighted by Gasteiger charge is 2.26. The van der Waals surface area contributed by atoms with E-state index in [0.717, 1.165) is 22.5 Å². The molecular weight excluding hydrogens is 286 g/mol. The fourth-order valence-corrected chi connectivity index (χ4v) is 2.55. The quantitative estimate of drug-likeness (QED) is 0.927. The molecule has 0 atom stereocenters. The molecule has 4 rings (SSSR count). The summed E-state index contributed by atoms with van der Waals surface area (Å²) in [6, 6.07) is 20.1. The lowest BCUT2D eigenvalue weighted by Gasteiger charge is -2.32. The Balaban J connectivity index is 1.75. The lowest BCUT2D eigenvalue weighted by molar-refractivity contribution is 0.508. The van der Waals surface area contributed by atoms with Crippen LogP contribution < -0.4 is 5.43 Å². The first-order valence-electron chi connectivity index (χ1n) is 7.41. The lowest BCUT2D eigenvalue weighted by atomic mass is 10.1. The van der Waals surface area contributed by atoms with E-state index in [9.17, 15) is 0 Å². The molecule has 2 aromatic rings. The number of nitrogens with zero attached hydrogens (tertiary/aromatic N) is 4. The highest BCUT2D eigenvalue weighted by atomic mass is 15.6. The van der Waals surface area contributed by atoms with Crippen LogP contribution in [-0.2, 0) is 0 Å². The van der Waals surface area contributed by atoms with Crippen LogP contribution in [0, 0.1) is 0 Å². The Labute approximate surface area is 134 Å². The van der Waals surface area contributed by atoms with Crippen LogP contribution >= 0.6 is 0 Å². The molecule has 0 aromatic heterocycles. The van der Waals surface area contributed by atoms with Gasteiger partial charge < -0.3 is 0 Å². The van der Waals surface area contributed by atoms with Crippen molar-refractivity contribution in [3.8, 4) is 0 Å². The molecule has 1 N–H and O–H groups in total. The monoisotopic (exact) mass is 301 g/mol. The van der Waals surface area contributed by atoms with Crippen LogP contribution in [-0.4, -0.2) is 22.5 Å². The number of hydrazine groups is 1. The Morgan fingerprint density at radius 2 is 1.48 bits per heavy atom. The molecule has 0 amide bonds. The lowest BCUT2D eigenvalue weighted by Crippen LogP contribution is -2.48. The summed E-state index contributed by atoms with van der Waals surface area (Å²) in [4.78, 5) is 4.45. The number of fused-ring (bicyclic) bond motifs is 1. The smallest absolute Gasteiger partial charge is 0.269 e. The number of rotatable bonds is 2. The molecule has 2 aliphatic rings. The van der Waals surface area contributed by atoms with Crippen LogP contribution in [0.25, 0.3) is 5.70 Å². The van der Waals surface area contributed by atoms with Gasteiger partial charge in [0.15, 0.2) is 5.84 Å². The first-order valence-corrected chi connectivity index (χ1v) is 7.41. The molecule has 2 heterocycles. The van der Waals surface area contributed by atoms with Crippen LogP contribution in [0.1, 0.15) is 18.1 Å². The largest absolute Gasteiger partial charge is 0.272 e.